The Balaban J connectivity index is 1.72. The van der Waals surface area contributed by atoms with Crippen molar-refractivity contribution in [3.63, 3.8) is 0 Å². The second-order valence-electron chi connectivity index (χ2n) is 8.46. The van der Waals surface area contributed by atoms with Crippen LogP contribution in [0, 0.1) is 0 Å². The van der Waals surface area contributed by atoms with Gasteiger partial charge in [0.05, 0.1) is 12.7 Å². The Morgan fingerprint density at radius 3 is 2.86 bits per heavy atom. The average molecular weight is 397 g/mol. The van der Waals surface area contributed by atoms with Crippen molar-refractivity contribution < 1.29 is 9.84 Å². The number of aliphatic hydroxyl groups is 1. The van der Waals surface area contributed by atoms with Crippen molar-refractivity contribution >= 4 is 22.5 Å². The van der Waals surface area contributed by atoms with Gasteiger partial charge in [-0.25, -0.2) is 0 Å². The van der Waals surface area contributed by atoms with Crippen molar-refractivity contribution in [1.29, 1.82) is 0 Å². The smallest absolute Gasteiger partial charge is 0.119 e. The van der Waals surface area contributed by atoms with Gasteiger partial charge in [0.25, 0.3) is 0 Å². The molecule has 2 atom stereocenters. The lowest BCUT2D eigenvalue weighted by atomic mass is 9.56. The number of aromatic nitrogens is 1. The van der Waals surface area contributed by atoms with Gasteiger partial charge in [0.15, 0.2) is 0 Å². The molecule has 28 heavy (non-hydrogen) atoms. The number of methoxy groups -OCH3 is 1. The van der Waals surface area contributed by atoms with Crippen LogP contribution >= 0.6 is 11.6 Å². The summed E-state index contributed by atoms with van der Waals surface area (Å²) in [6.07, 6.45) is 2.30. The van der Waals surface area contributed by atoms with Crippen LogP contribution < -0.4 is 4.74 Å². The molecule has 146 valence electrons. The van der Waals surface area contributed by atoms with Gasteiger partial charge in [-0.05, 0) is 61.5 Å². The Morgan fingerprint density at radius 2 is 2.04 bits per heavy atom. The summed E-state index contributed by atoms with van der Waals surface area (Å²) in [5.41, 5.74) is 3.47. The van der Waals surface area contributed by atoms with Crippen LogP contribution in [0.1, 0.15) is 23.2 Å². The molecule has 0 saturated carbocycles. The van der Waals surface area contributed by atoms with Crippen LogP contribution in [-0.4, -0.2) is 47.8 Å². The summed E-state index contributed by atoms with van der Waals surface area (Å²) in [4.78, 5) is 5.85. The Hall–Kier alpha value is -2.01. The molecule has 3 aromatic rings. The highest BCUT2D eigenvalue weighted by molar-refractivity contribution is 6.31. The highest BCUT2D eigenvalue weighted by Crippen LogP contribution is 2.51. The van der Waals surface area contributed by atoms with Crippen molar-refractivity contribution in [2.45, 2.75) is 30.3 Å². The van der Waals surface area contributed by atoms with Gasteiger partial charge in [-0.1, -0.05) is 23.7 Å². The minimum absolute atomic E-state index is 0.342. The largest absolute Gasteiger partial charge is 0.497 e. The lowest BCUT2D eigenvalue weighted by molar-refractivity contribution is -0.0972. The van der Waals surface area contributed by atoms with Gasteiger partial charge in [0, 0.05) is 46.4 Å². The van der Waals surface area contributed by atoms with Gasteiger partial charge in [-0.3, -0.25) is 0 Å². The van der Waals surface area contributed by atoms with E-state index >= 15 is 0 Å². The maximum atomic E-state index is 12.1. The molecule has 2 aromatic carbocycles. The molecule has 2 N–H and O–H groups in total. The minimum atomic E-state index is -0.850. The third-order valence-electron chi connectivity index (χ3n) is 6.87. The van der Waals surface area contributed by atoms with Crippen LogP contribution in [0.5, 0.6) is 5.75 Å². The molecule has 0 unspecified atom stereocenters. The number of piperidine rings is 1. The molecule has 2 heterocycles. The van der Waals surface area contributed by atoms with Crippen molar-refractivity contribution in [1.82, 2.24) is 9.88 Å². The molecule has 1 aliphatic carbocycles. The van der Waals surface area contributed by atoms with E-state index in [1.165, 1.54) is 11.3 Å². The Kier molecular flexibility index (Phi) is 4.02. The monoisotopic (exact) mass is 396 g/mol. The zero-order chi connectivity index (χ0) is 19.5. The number of rotatable bonds is 2. The number of halogens is 1. The molecule has 0 spiro atoms. The second-order valence-corrected chi connectivity index (χ2v) is 8.90. The maximum absolute atomic E-state index is 12.1. The van der Waals surface area contributed by atoms with Crippen molar-refractivity contribution in [3.8, 4) is 5.75 Å². The number of likely N-dealkylation sites (tertiary alicyclic amines) is 1. The summed E-state index contributed by atoms with van der Waals surface area (Å²) in [5.74, 6) is 0.836. The van der Waals surface area contributed by atoms with Gasteiger partial charge in [-0.15, -0.1) is 0 Å². The van der Waals surface area contributed by atoms with E-state index in [0.717, 1.165) is 46.6 Å². The molecule has 0 radical (unpaired) electrons. The molecule has 1 saturated heterocycles. The van der Waals surface area contributed by atoms with Crippen molar-refractivity contribution in [2.24, 2.45) is 0 Å². The van der Waals surface area contributed by atoms with E-state index in [0.29, 0.717) is 13.0 Å². The molecule has 5 rings (SSSR count). The summed E-state index contributed by atoms with van der Waals surface area (Å²) < 4.78 is 5.49. The summed E-state index contributed by atoms with van der Waals surface area (Å²) >= 11 is 6.27. The summed E-state index contributed by atoms with van der Waals surface area (Å²) in [6.45, 7) is 1.61. The summed E-state index contributed by atoms with van der Waals surface area (Å²) in [5, 5.41) is 14.0. The third kappa shape index (κ3) is 2.52. The molecule has 5 heteroatoms. The molecule has 4 nitrogen and oxygen atoms in total. The number of ether oxygens (including phenoxy) is 1. The molecular formula is C23H25ClN2O2. The Labute approximate surface area is 170 Å². The standard InChI is InChI=1S/C23H25ClN2O2/c1-26-9-8-22(15-4-3-5-17(10-15)28-2)13-21-19(12-23(22,27)14-26)18-11-16(24)6-7-20(18)25-21/h3-7,10-11,25,27H,8-9,12-14H2,1-2H3/t22-,23-/m0/s1. The first-order valence-corrected chi connectivity index (χ1v) is 10.2. The predicted octanol–water partition coefficient (Wildman–Crippen LogP) is 3.93. The minimum Gasteiger partial charge on any atom is -0.497 e. The fourth-order valence-corrected chi connectivity index (χ4v) is 5.60. The van der Waals surface area contributed by atoms with Crippen LogP contribution in [0.15, 0.2) is 42.5 Å². The van der Waals surface area contributed by atoms with E-state index < -0.39 is 5.60 Å². The van der Waals surface area contributed by atoms with Gasteiger partial charge in [0.2, 0.25) is 0 Å². The maximum Gasteiger partial charge on any atom is 0.119 e. The second kappa shape index (κ2) is 6.24. The lowest BCUT2D eigenvalue weighted by Crippen LogP contribution is -2.65. The fourth-order valence-electron chi connectivity index (χ4n) is 5.43. The summed E-state index contributed by atoms with van der Waals surface area (Å²) in [7, 11) is 3.78. The molecule has 1 fully saturated rings. The van der Waals surface area contributed by atoms with Crippen LogP contribution in [0.2, 0.25) is 5.02 Å². The van der Waals surface area contributed by atoms with E-state index in [2.05, 4.69) is 29.1 Å². The molecule has 0 amide bonds. The highest BCUT2D eigenvalue weighted by Gasteiger charge is 2.57. The summed E-state index contributed by atoms with van der Waals surface area (Å²) in [6, 6.07) is 14.2. The number of fused-ring (bicyclic) bond motifs is 4. The quantitative estimate of drug-likeness (QED) is 0.690. The van der Waals surface area contributed by atoms with Crippen LogP contribution in [0.3, 0.4) is 0 Å². The first-order chi connectivity index (χ1) is 13.4. The average Bonchev–Trinajstić information content (AvgIpc) is 3.01. The number of hydrogen-bond donors (Lipinski definition) is 2. The van der Waals surface area contributed by atoms with Crippen molar-refractivity contribution in [2.75, 3.05) is 27.2 Å². The van der Waals surface area contributed by atoms with E-state index in [4.69, 9.17) is 16.3 Å². The normalized spacial score (nSPS) is 27.4. The molecule has 1 aliphatic heterocycles. The van der Waals surface area contributed by atoms with Crippen LogP contribution in [0.4, 0.5) is 0 Å². The van der Waals surface area contributed by atoms with E-state index in [-0.39, 0.29) is 5.41 Å². The number of H-pyrrole nitrogens is 1. The van der Waals surface area contributed by atoms with Crippen molar-refractivity contribution in [3.05, 3.63) is 64.3 Å². The first-order valence-electron chi connectivity index (χ1n) is 9.79. The lowest BCUT2D eigenvalue weighted by Gasteiger charge is -2.56. The molecular weight excluding hydrogens is 372 g/mol. The van der Waals surface area contributed by atoms with Gasteiger partial charge < -0.3 is 19.7 Å². The van der Waals surface area contributed by atoms with Gasteiger partial charge in [0.1, 0.15) is 5.75 Å². The molecule has 0 bridgehead atoms. The predicted molar refractivity (Wildman–Crippen MR) is 112 cm³/mol. The number of hydrogen-bond acceptors (Lipinski definition) is 3. The third-order valence-corrected chi connectivity index (χ3v) is 7.10. The molecule has 2 aliphatic rings. The fraction of sp³-hybridized carbons (Fsp3) is 0.391. The SMILES string of the molecule is COc1cccc([C@@]23CCN(C)C[C@@]2(O)Cc2c([nH]c4ccc(Cl)cc24)C3)c1. The number of nitrogens with one attached hydrogen (secondary N) is 1. The number of β-amino-alcohol motifs (C(OH)–C–C–N with tert-alkyl or cyclic N) is 1. The zero-order valence-electron chi connectivity index (χ0n) is 16.3. The Bertz CT molecular complexity index is 1060. The van der Waals surface area contributed by atoms with Crippen LogP contribution in [-0.2, 0) is 18.3 Å². The van der Waals surface area contributed by atoms with E-state index in [1.54, 1.807) is 7.11 Å². The number of nitrogens with zero attached hydrogens (tertiary/aromatic N) is 1. The molecule has 1 aromatic heterocycles. The van der Waals surface area contributed by atoms with Gasteiger partial charge in [-0.2, -0.15) is 0 Å². The van der Waals surface area contributed by atoms with E-state index in [9.17, 15) is 5.11 Å². The topological polar surface area (TPSA) is 48.5 Å². The number of likely N-dealkylation sites (N-methyl/N-ethyl adjacent to an activating group) is 1. The van der Waals surface area contributed by atoms with Gasteiger partial charge >= 0.3 is 0 Å². The van der Waals surface area contributed by atoms with Crippen LogP contribution in [0.25, 0.3) is 10.9 Å². The zero-order valence-corrected chi connectivity index (χ0v) is 17.0. The van der Waals surface area contributed by atoms with E-state index in [1.807, 2.05) is 30.3 Å². The highest BCUT2D eigenvalue weighted by atomic mass is 35.5. The number of benzene rings is 2. The number of aromatic amines is 1. The Morgan fingerprint density at radius 1 is 1.18 bits per heavy atom. The first kappa shape index (κ1) is 18.0.